The van der Waals surface area contributed by atoms with Crippen LogP contribution in [0.5, 0.6) is 0 Å². The smallest absolute Gasteiger partial charge is 0.335 e. The van der Waals surface area contributed by atoms with Gasteiger partial charge in [0.15, 0.2) is 0 Å². The predicted octanol–water partition coefficient (Wildman–Crippen LogP) is 3.75. The number of thiophene rings is 1. The monoisotopic (exact) mass is 291 g/mol. The van der Waals surface area contributed by atoms with Gasteiger partial charge < -0.3 is 10.0 Å². The average Bonchev–Trinajstić information content (AvgIpc) is 3.14. The normalized spacial score (nSPS) is 14.2. The van der Waals surface area contributed by atoms with E-state index in [1.807, 2.05) is 22.4 Å². The van der Waals surface area contributed by atoms with Crippen LogP contribution in [-0.2, 0) is 6.54 Å². The Hall–Kier alpha value is -1.88. The van der Waals surface area contributed by atoms with Gasteiger partial charge in [-0.05, 0) is 42.5 Å². The molecule has 1 aliphatic carbocycles. The first-order chi connectivity index (χ1) is 9.65. The van der Waals surface area contributed by atoms with Gasteiger partial charge in [-0.1, -0.05) is 6.07 Å². The van der Waals surface area contributed by atoms with Gasteiger partial charge in [0.2, 0.25) is 0 Å². The van der Waals surface area contributed by atoms with Crippen LogP contribution < -0.4 is 4.90 Å². The number of nitrogens with zero attached hydrogens (tertiary/aromatic N) is 1. The Bertz CT molecular complexity index is 623. The minimum absolute atomic E-state index is 0.0156. The second-order valence-corrected chi connectivity index (χ2v) is 5.94. The molecule has 0 saturated heterocycles. The number of carboxylic acids is 1. The van der Waals surface area contributed by atoms with Crippen molar-refractivity contribution in [2.24, 2.45) is 0 Å². The number of rotatable bonds is 5. The van der Waals surface area contributed by atoms with Crippen molar-refractivity contribution in [1.29, 1.82) is 0 Å². The molecular formula is C15H14FNO2S. The van der Waals surface area contributed by atoms with Crippen molar-refractivity contribution in [2.45, 2.75) is 25.4 Å². The van der Waals surface area contributed by atoms with Crippen molar-refractivity contribution in [1.82, 2.24) is 0 Å². The number of hydrogen-bond acceptors (Lipinski definition) is 3. The molecule has 0 aliphatic heterocycles. The number of carbonyl (C=O) groups is 1. The highest BCUT2D eigenvalue weighted by atomic mass is 32.1. The van der Waals surface area contributed by atoms with Gasteiger partial charge in [-0.2, -0.15) is 0 Å². The van der Waals surface area contributed by atoms with E-state index in [4.69, 9.17) is 5.11 Å². The van der Waals surface area contributed by atoms with Crippen LogP contribution in [0.2, 0.25) is 0 Å². The SMILES string of the molecule is O=C(O)c1ccc(N(Cc2cccs2)C2CC2)c(F)c1. The molecule has 1 heterocycles. The highest BCUT2D eigenvalue weighted by molar-refractivity contribution is 7.09. The van der Waals surface area contributed by atoms with Crippen LogP contribution >= 0.6 is 11.3 Å². The maximum absolute atomic E-state index is 14.2. The molecule has 20 heavy (non-hydrogen) atoms. The van der Waals surface area contributed by atoms with E-state index in [2.05, 4.69) is 0 Å². The average molecular weight is 291 g/mol. The van der Waals surface area contributed by atoms with Crippen molar-refractivity contribution in [3.8, 4) is 0 Å². The highest BCUT2D eigenvalue weighted by Gasteiger charge is 2.31. The van der Waals surface area contributed by atoms with Gasteiger partial charge in [0.1, 0.15) is 5.82 Å². The number of anilines is 1. The maximum atomic E-state index is 14.2. The molecule has 0 radical (unpaired) electrons. The Morgan fingerprint density at radius 2 is 2.20 bits per heavy atom. The number of hydrogen-bond donors (Lipinski definition) is 1. The Morgan fingerprint density at radius 3 is 2.75 bits per heavy atom. The summed E-state index contributed by atoms with van der Waals surface area (Å²) in [5.41, 5.74) is 0.476. The van der Waals surface area contributed by atoms with Gasteiger partial charge in [-0.15, -0.1) is 11.3 Å². The first kappa shape index (κ1) is 13.1. The molecule has 3 nitrogen and oxygen atoms in total. The van der Waals surface area contributed by atoms with Crippen LogP contribution in [-0.4, -0.2) is 17.1 Å². The zero-order valence-corrected chi connectivity index (χ0v) is 11.6. The minimum atomic E-state index is -1.10. The van der Waals surface area contributed by atoms with E-state index in [0.717, 1.165) is 18.9 Å². The summed E-state index contributed by atoms with van der Waals surface area (Å²) >= 11 is 1.65. The van der Waals surface area contributed by atoms with E-state index in [9.17, 15) is 9.18 Å². The summed E-state index contributed by atoms with van der Waals surface area (Å²) in [4.78, 5) is 14.1. The molecular weight excluding hydrogens is 277 g/mol. The Morgan fingerprint density at radius 1 is 1.40 bits per heavy atom. The second kappa shape index (κ2) is 5.25. The largest absolute Gasteiger partial charge is 0.478 e. The first-order valence-corrected chi connectivity index (χ1v) is 7.35. The molecule has 0 spiro atoms. The maximum Gasteiger partial charge on any atom is 0.335 e. The Balaban J connectivity index is 1.89. The van der Waals surface area contributed by atoms with E-state index >= 15 is 0 Å². The summed E-state index contributed by atoms with van der Waals surface area (Å²) < 4.78 is 14.2. The lowest BCUT2D eigenvalue weighted by Gasteiger charge is -2.24. The topological polar surface area (TPSA) is 40.5 Å². The van der Waals surface area contributed by atoms with E-state index in [1.54, 1.807) is 17.4 Å². The summed E-state index contributed by atoms with van der Waals surface area (Å²) in [7, 11) is 0. The van der Waals surface area contributed by atoms with Crippen LogP contribution in [0.25, 0.3) is 0 Å². The lowest BCUT2D eigenvalue weighted by atomic mass is 10.1. The fourth-order valence-corrected chi connectivity index (χ4v) is 2.94. The van der Waals surface area contributed by atoms with Crippen molar-refractivity contribution < 1.29 is 14.3 Å². The molecule has 0 unspecified atom stereocenters. The van der Waals surface area contributed by atoms with E-state index in [-0.39, 0.29) is 5.56 Å². The molecule has 1 aromatic carbocycles. The molecule has 1 aromatic heterocycles. The van der Waals surface area contributed by atoms with Crippen molar-refractivity contribution in [3.63, 3.8) is 0 Å². The Labute approximate surface area is 120 Å². The first-order valence-electron chi connectivity index (χ1n) is 6.47. The molecule has 1 saturated carbocycles. The highest BCUT2D eigenvalue weighted by Crippen LogP contribution is 2.35. The van der Waals surface area contributed by atoms with Crippen LogP contribution in [0.3, 0.4) is 0 Å². The lowest BCUT2D eigenvalue weighted by molar-refractivity contribution is 0.0696. The van der Waals surface area contributed by atoms with Gasteiger partial charge in [-0.3, -0.25) is 0 Å². The third-order valence-corrected chi connectivity index (χ3v) is 4.26. The molecule has 5 heteroatoms. The third-order valence-electron chi connectivity index (χ3n) is 3.40. The number of carboxylic acid groups (broad SMARTS) is 1. The fraction of sp³-hybridized carbons (Fsp3) is 0.267. The van der Waals surface area contributed by atoms with Crippen molar-refractivity contribution in [3.05, 3.63) is 52.0 Å². The molecule has 0 amide bonds. The van der Waals surface area contributed by atoms with Crippen LogP contribution in [0.1, 0.15) is 28.1 Å². The predicted molar refractivity (Wildman–Crippen MR) is 76.9 cm³/mol. The number of benzene rings is 1. The van der Waals surface area contributed by atoms with Gasteiger partial charge in [0.05, 0.1) is 17.8 Å². The van der Waals surface area contributed by atoms with E-state index in [1.165, 1.54) is 10.9 Å². The van der Waals surface area contributed by atoms with Gasteiger partial charge in [0, 0.05) is 10.9 Å². The standard InChI is InChI=1S/C15H14FNO2S/c16-13-8-10(15(18)19)3-6-14(13)17(11-4-5-11)9-12-2-1-7-20-12/h1-3,6-8,11H,4-5,9H2,(H,18,19). The van der Waals surface area contributed by atoms with Crippen molar-refractivity contribution >= 4 is 23.0 Å². The number of halogens is 1. The van der Waals surface area contributed by atoms with Crippen LogP contribution in [0, 0.1) is 5.82 Å². The molecule has 2 aromatic rings. The van der Waals surface area contributed by atoms with E-state index in [0.29, 0.717) is 18.3 Å². The molecule has 1 fully saturated rings. The molecule has 1 N–H and O–H groups in total. The zero-order valence-electron chi connectivity index (χ0n) is 10.8. The second-order valence-electron chi connectivity index (χ2n) is 4.91. The third kappa shape index (κ3) is 2.67. The molecule has 0 bridgehead atoms. The van der Waals surface area contributed by atoms with Gasteiger partial charge >= 0.3 is 5.97 Å². The molecule has 0 atom stereocenters. The quantitative estimate of drug-likeness (QED) is 0.912. The molecule has 104 valence electrons. The molecule has 3 rings (SSSR count). The Kier molecular flexibility index (Phi) is 3.44. The van der Waals surface area contributed by atoms with Gasteiger partial charge in [-0.25, -0.2) is 9.18 Å². The van der Waals surface area contributed by atoms with Crippen LogP contribution in [0.15, 0.2) is 35.7 Å². The minimum Gasteiger partial charge on any atom is -0.478 e. The summed E-state index contributed by atoms with van der Waals surface area (Å²) in [6.07, 6.45) is 2.12. The zero-order chi connectivity index (χ0) is 14.1. The number of aromatic carboxylic acids is 1. The molecule has 1 aliphatic rings. The van der Waals surface area contributed by atoms with Gasteiger partial charge in [0.25, 0.3) is 0 Å². The summed E-state index contributed by atoms with van der Waals surface area (Å²) in [5.74, 6) is -1.57. The lowest BCUT2D eigenvalue weighted by Crippen LogP contribution is -2.25. The summed E-state index contributed by atoms with van der Waals surface area (Å²) in [5, 5.41) is 10.9. The van der Waals surface area contributed by atoms with Crippen LogP contribution in [0.4, 0.5) is 10.1 Å². The van der Waals surface area contributed by atoms with E-state index < -0.39 is 11.8 Å². The summed E-state index contributed by atoms with van der Waals surface area (Å²) in [6, 6.07) is 8.51. The summed E-state index contributed by atoms with van der Waals surface area (Å²) in [6.45, 7) is 0.672. The van der Waals surface area contributed by atoms with Crippen molar-refractivity contribution in [2.75, 3.05) is 4.90 Å². The fourth-order valence-electron chi connectivity index (χ4n) is 2.24.